The predicted molar refractivity (Wildman–Crippen MR) is 66.0 cm³/mol. The van der Waals surface area contributed by atoms with E-state index in [0.717, 1.165) is 29.7 Å². The summed E-state index contributed by atoms with van der Waals surface area (Å²) >= 11 is 1.79. The van der Waals surface area contributed by atoms with E-state index in [1.807, 2.05) is 20.0 Å². The fourth-order valence-corrected chi connectivity index (χ4v) is 2.91. The minimum atomic E-state index is 0.318. The van der Waals surface area contributed by atoms with Gasteiger partial charge in [0.2, 0.25) is 0 Å². The highest BCUT2D eigenvalue weighted by molar-refractivity contribution is 7.99. The molecule has 4 nitrogen and oxygen atoms in total. The van der Waals surface area contributed by atoms with E-state index in [0.29, 0.717) is 11.4 Å². The molecule has 2 atom stereocenters. The van der Waals surface area contributed by atoms with Crippen molar-refractivity contribution in [1.82, 2.24) is 9.97 Å². The van der Waals surface area contributed by atoms with Crippen LogP contribution in [0.4, 0.5) is 5.82 Å². The van der Waals surface area contributed by atoms with E-state index in [2.05, 4.69) is 22.2 Å². The molecule has 2 rings (SSSR count). The molecule has 1 fully saturated rings. The Morgan fingerprint density at radius 3 is 2.94 bits per heavy atom. The maximum absolute atomic E-state index is 5.54. The van der Waals surface area contributed by atoms with Crippen LogP contribution in [-0.4, -0.2) is 35.0 Å². The highest BCUT2D eigenvalue weighted by atomic mass is 32.2. The van der Waals surface area contributed by atoms with Crippen LogP contribution in [0, 0.1) is 6.92 Å². The molecular weight excluding hydrogens is 222 g/mol. The van der Waals surface area contributed by atoms with Gasteiger partial charge >= 0.3 is 0 Å². The van der Waals surface area contributed by atoms with Gasteiger partial charge < -0.3 is 10.1 Å². The first kappa shape index (κ1) is 11.7. The third kappa shape index (κ3) is 2.65. The van der Waals surface area contributed by atoms with E-state index in [-0.39, 0.29) is 0 Å². The van der Waals surface area contributed by atoms with Crippen molar-refractivity contribution in [2.45, 2.75) is 36.6 Å². The summed E-state index contributed by atoms with van der Waals surface area (Å²) in [4.78, 5) is 8.72. The smallest absolute Gasteiger partial charge is 0.130 e. The van der Waals surface area contributed by atoms with Crippen LogP contribution in [0.1, 0.15) is 19.2 Å². The second-order valence-corrected chi connectivity index (χ2v) is 5.17. The van der Waals surface area contributed by atoms with Crippen molar-refractivity contribution in [2.24, 2.45) is 0 Å². The summed E-state index contributed by atoms with van der Waals surface area (Å²) < 4.78 is 5.54. The maximum atomic E-state index is 5.54. The zero-order valence-electron chi connectivity index (χ0n) is 9.86. The standard InChI is InChI=1S/C11H17N3OS/c1-7-9(4-5-15-7)16-11-6-10(12-3)13-8(2)14-11/h6-7,9H,4-5H2,1-3H3,(H,12,13,14). The number of ether oxygens (including phenoxy) is 1. The molecule has 0 amide bonds. The van der Waals surface area contributed by atoms with Gasteiger partial charge in [0.15, 0.2) is 0 Å². The van der Waals surface area contributed by atoms with Crippen molar-refractivity contribution >= 4 is 17.6 Å². The second-order valence-electron chi connectivity index (χ2n) is 3.91. The van der Waals surface area contributed by atoms with Crippen molar-refractivity contribution in [1.29, 1.82) is 0 Å². The molecule has 2 heterocycles. The van der Waals surface area contributed by atoms with Gasteiger partial charge in [0, 0.05) is 25.0 Å². The number of hydrogen-bond acceptors (Lipinski definition) is 5. The van der Waals surface area contributed by atoms with Crippen molar-refractivity contribution in [3.8, 4) is 0 Å². The van der Waals surface area contributed by atoms with E-state index in [9.17, 15) is 0 Å². The molecule has 1 aliphatic rings. The van der Waals surface area contributed by atoms with Crippen LogP contribution in [0.15, 0.2) is 11.1 Å². The van der Waals surface area contributed by atoms with E-state index >= 15 is 0 Å². The zero-order chi connectivity index (χ0) is 11.5. The fourth-order valence-electron chi connectivity index (χ4n) is 1.75. The van der Waals surface area contributed by atoms with Gasteiger partial charge in [-0.05, 0) is 20.3 Å². The van der Waals surface area contributed by atoms with Crippen molar-refractivity contribution in [3.05, 3.63) is 11.9 Å². The topological polar surface area (TPSA) is 47.0 Å². The number of aromatic nitrogens is 2. The fraction of sp³-hybridized carbons (Fsp3) is 0.636. The van der Waals surface area contributed by atoms with Crippen molar-refractivity contribution < 1.29 is 4.74 Å². The molecule has 1 N–H and O–H groups in total. The molecule has 0 radical (unpaired) electrons. The van der Waals surface area contributed by atoms with Crippen LogP contribution in [0.25, 0.3) is 0 Å². The lowest BCUT2D eigenvalue weighted by molar-refractivity contribution is 0.127. The summed E-state index contributed by atoms with van der Waals surface area (Å²) in [5.74, 6) is 1.68. The third-order valence-electron chi connectivity index (χ3n) is 2.65. The lowest BCUT2D eigenvalue weighted by Gasteiger charge is -2.13. The summed E-state index contributed by atoms with van der Waals surface area (Å²) in [5, 5.41) is 4.59. The van der Waals surface area contributed by atoms with E-state index in [1.54, 1.807) is 11.8 Å². The normalized spacial score (nSPS) is 24.7. The molecule has 2 unspecified atom stereocenters. The minimum absolute atomic E-state index is 0.318. The number of aryl methyl sites for hydroxylation is 1. The molecule has 1 aliphatic heterocycles. The molecule has 0 aromatic carbocycles. The third-order valence-corrected chi connectivity index (χ3v) is 4.02. The molecule has 1 aromatic heterocycles. The Morgan fingerprint density at radius 1 is 1.50 bits per heavy atom. The summed E-state index contributed by atoms with van der Waals surface area (Å²) in [6.07, 6.45) is 1.42. The van der Waals surface area contributed by atoms with Gasteiger partial charge in [0.1, 0.15) is 16.7 Å². The Labute approximate surface area is 100 Å². The van der Waals surface area contributed by atoms with Crippen molar-refractivity contribution in [3.63, 3.8) is 0 Å². The first-order valence-corrected chi connectivity index (χ1v) is 6.38. The average molecular weight is 239 g/mol. The molecule has 16 heavy (non-hydrogen) atoms. The lowest BCUT2D eigenvalue weighted by Crippen LogP contribution is -2.13. The maximum Gasteiger partial charge on any atom is 0.130 e. The van der Waals surface area contributed by atoms with Gasteiger partial charge in [-0.2, -0.15) is 0 Å². The van der Waals surface area contributed by atoms with Crippen molar-refractivity contribution in [2.75, 3.05) is 19.0 Å². The van der Waals surface area contributed by atoms with Crippen LogP contribution < -0.4 is 5.32 Å². The molecule has 1 saturated heterocycles. The van der Waals surface area contributed by atoms with E-state index in [1.165, 1.54) is 0 Å². The van der Waals surface area contributed by atoms with Crippen LogP contribution in [0.3, 0.4) is 0 Å². The molecule has 0 saturated carbocycles. The number of hydrogen-bond donors (Lipinski definition) is 1. The Kier molecular flexibility index (Phi) is 3.66. The molecule has 5 heteroatoms. The first-order chi connectivity index (χ1) is 7.69. The minimum Gasteiger partial charge on any atom is -0.377 e. The van der Waals surface area contributed by atoms with Gasteiger partial charge in [0.05, 0.1) is 6.10 Å². The molecule has 0 spiro atoms. The Bertz CT molecular complexity index is 372. The predicted octanol–water partition coefficient (Wildman–Crippen LogP) is 2.10. The van der Waals surface area contributed by atoms with Gasteiger partial charge in [0.25, 0.3) is 0 Å². The number of thioether (sulfide) groups is 1. The van der Waals surface area contributed by atoms with Crippen LogP contribution in [0.5, 0.6) is 0 Å². The van der Waals surface area contributed by atoms with Crippen LogP contribution >= 0.6 is 11.8 Å². The second kappa shape index (κ2) is 5.01. The molecule has 88 valence electrons. The number of anilines is 1. The SMILES string of the molecule is CNc1cc(SC2CCOC2C)nc(C)n1. The van der Waals surface area contributed by atoms with E-state index in [4.69, 9.17) is 4.74 Å². The van der Waals surface area contributed by atoms with Gasteiger partial charge in [-0.3, -0.25) is 0 Å². The van der Waals surface area contributed by atoms with Crippen LogP contribution in [-0.2, 0) is 4.74 Å². The molecule has 1 aromatic rings. The Morgan fingerprint density at radius 2 is 2.31 bits per heavy atom. The summed E-state index contributed by atoms with van der Waals surface area (Å²) in [5.41, 5.74) is 0. The Balaban J connectivity index is 2.11. The quantitative estimate of drug-likeness (QED) is 0.818. The van der Waals surface area contributed by atoms with Gasteiger partial charge in [-0.25, -0.2) is 9.97 Å². The summed E-state index contributed by atoms with van der Waals surface area (Å²) in [6, 6.07) is 1.99. The summed E-state index contributed by atoms with van der Waals surface area (Å²) in [6.45, 7) is 4.90. The van der Waals surface area contributed by atoms with E-state index < -0.39 is 0 Å². The molecule has 0 aliphatic carbocycles. The van der Waals surface area contributed by atoms with Crippen LogP contribution in [0.2, 0.25) is 0 Å². The molecule has 0 bridgehead atoms. The highest BCUT2D eigenvalue weighted by Crippen LogP contribution is 2.32. The highest BCUT2D eigenvalue weighted by Gasteiger charge is 2.25. The zero-order valence-corrected chi connectivity index (χ0v) is 10.7. The average Bonchev–Trinajstić information content (AvgIpc) is 2.63. The molecular formula is C11H17N3OS. The summed E-state index contributed by atoms with van der Waals surface area (Å²) in [7, 11) is 1.87. The Hall–Kier alpha value is -0.810. The monoisotopic (exact) mass is 239 g/mol. The first-order valence-electron chi connectivity index (χ1n) is 5.50. The number of nitrogens with zero attached hydrogens (tertiary/aromatic N) is 2. The van der Waals surface area contributed by atoms with Gasteiger partial charge in [-0.15, -0.1) is 11.8 Å². The largest absolute Gasteiger partial charge is 0.377 e. The number of nitrogens with one attached hydrogen (secondary N) is 1. The lowest BCUT2D eigenvalue weighted by atomic mass is 10.3. The number of rotatable bonds is 3. The van der Waals surface area contributed by atoms with Gasteiger partial charge in [-0.1, -0.05) is 0 Å².